The smallest absolute Gasteiger partial charge is 0.361 e. The number of nitrogens with zero attached hydrogens (tertiary/aromatic N) is 1. The molecule has 2 unspecified atom stereocenters. The van der Waals surface area contributed by atoms with Crippen molar-refractivity contribution in [3.8, 4) is 0 Å². The molecule has 0 fully saturated rings. The summed E-state index contributed by atoms with van der Waals surface area (Å²) in [5, 5.41) is 9.70. The molecule has 0 amide bonds. The average molecular weight is 1060 g/mol. The Morgan fingerprint density at radius 2 is 0.720 bits per heavy atom. The van der Waals surface area contributed by atoms with Gasteiger partial charge in [-0.3, -0.25) is 9.59 Å². The predicted molar refractivity (Wildman–Crippen MR) is 318 cm³/mol. The van der Waals surface area contributed by atoms with Gasteiger partial charge in [-0.05, 0) is 70.6 Å². The molecule has 75 heavy (non-hydrogen) atoms. The van der Waals surface area contributed by atoms with E-state index >= 15 is 0 Å². The molecule has 440 valence electrons. The summed E-state index contributed by atoms with van der Waals surface area (Å²) < 4.78 is 22.9. The van der Waals surface area contributed by atoms with Crippen molar-refractivity contribution in [1.82, 2.24) is 0 Å². The van der Waals surface area contributed by atoms with Gasteiger partial charge in [0.2, 0.25) is 0 Å². The minimum Gasteiger partial charge on any atom is -0.477 e. The van der Waals surface area contributed by atoms with Gasteiger partial charge in [0.25, 0.3) is 6.29 Å². The maximum Gasteiger partial charge on any atom is 0.361 e. The van der Waals surface area contributed by atoms with E-state index in [1.54, 1.807) is 0 Å². The average Bonchev–Trinajstić information content (AvgIpc) is 3.38. The largest absolute Gasteiger partial charge is 0.477 e. The van der Waals surface area contributed by atoms with Crippen molar-refractivity contribution in [3.63, 3.8) is 0 Å². The summed E-state index contributed by atoms with van der Waals surface area (Å²) in [5.41, 5.74) is 0. The van der Waals surface area contributed by atoms with Gasteiger partial charge < -0.3 is 28.5 Å². The standard InChI is InChI=1S/C66H123NO8/c1-6-8-10-12-14-16-18-20-22-23-24-25-26-27-28-29-30-31-32-33-34-35-36-37-38-39-40-41-43-44-46-48-50-52-54-56-63(68)73-60-62(61-74-66(65(70)71)72-59-58-67(3,4)5)75-64(69)57-55-53-51-49-47-45-42-21-19-17-15-13-11-9-7-2/h15,17,21,23-24,42,62,66H,6-14,16,18-20,22,25-41,43-61H2,1-5H3/p+1/b17-15-,24-23-,42-21-. The zero-order valence-electron chi connectivity index (χ0n) is 50.2. The number of aliphatic carboxylic acids is 1. The summed E-state index contributed by atoms with van der Waals surface area (Å²) in [6, 6.07) is 0. The van der Waals surface area contributed by atoms with Gasteiger partial charge in [-0.25, -0.2) is 4.79 Å². The lowest BCUT2D eigenvalue weighted by molar-refractivity contribution is -0.870. The van der Waals surface area contributed by atoms with E-state index in [1.165, 1.54) is 218 Å². The van der Waals surface area contributed by atoms with Crippen molar-refractivity contribution >= 4 is 17.9 Å². The van der Waals surface area contributed by atoms with E-state index in [9.17, 15) is 19.5 Å². The fourth-order valence-electron chi connectivity index (χ4n) is 9.39. The molecule has 2 atom stereocenters. The third kappa shape index (κ3) is 59.0. The van der Waals surface area contributed by atoms with Gasteiger partial charge in [-0.15, -0.1) is 0 Å². The molecule has 0 aliphatic carbocycles. The first-order chi connectivity index (χ1) is 36.6. The number of hydrogen-bond donors (Lipinski definition) is 1. The highest BCUT2D eigenvalue weighted by atomic mass is 16.7. The molecule has 0 saturated heterocycles. The lowest BCUT2D eigenvalue weighted by Crippen LogP contribution is -2.40. The van der Waals surface area contributed by atoms with Crippen molar-refractivity contribution in [2.24, 2.45) is 0 Å². The van der Waals surface area contributed by atoms with Crippen LogP contribution < -0.4 is 0 Å². The van der Waals surface area contributed by atoms with Gasteiger partial charge in [-0.2, -0.15) is 0 Å². The Morgan fingerprint density at radius 3 is 1.09 bits per heavy atom. The quantitative estimate of drug-likeness (QED) is 0.0211. The Bertz CT molecular complexity index is 1320. The minimum atomic E-state index is -1.51. The highest BCUT2D eigenvalue weighted by molar-refractivity contribution is 5.71. The number of carboxylic acid groups (broad SMARTS) is 1. The van der Waals surface area contributed by atoms with Gasteiger partial charge in [0.05, 0.1) is 34.4 Å². The summed E-state index contributed by atoms with van der Waals surface area (Å²) in [4.78, 5) is 37.4. The molecule has 0 aliphatic heterocycles. The Labute approximate surface area is 464 Å². The van der Waals surface area contributed by atoms with Crippen LogP contribution in [0.15, 0.2) is 36.5 Å². The number of rotatable bonds is 60. The van der Waals surface area contributed by atoms with E-state index in [1.807, 2.05) is 21.1 Å². The van der Waals surface area contributed by atoms with Crippen LogP contribution in [0, 0.1) is 0 Å². The van der Waals surface area contributed by atoms with E-state index in [0.717, 1.165) is 57.8 Å². The summed E-state index contributed by atoms with van der Waals surface area (Å²) in [6.07, 6.45) is 68.4. The van der Waals surface area contributed by atoms with Crippen LogP contribution in [0.4, 0.5) is 0 Å². The Balaban J connectivity index is 3.99. The monoisotopic (exact) mass is 1060 g/mol. The van der Waals surface area contributed by atoms with E-state index in [2.05, 4.69) is 50.3 Å². The maximum absolute atomic E-state index is 12.8. The van der Waals surface area contributed by atoms with E-state index in [0.29, 0.717) is 23.9 Å². The van der Waals surface area contributed by atoms with E-state index in [-0.39, 0.29) is 32.2 Å². The lowest BCUT2D eigenvalue weighted by Gasteiger charge is -2.25. The number of allylic oxidation sites excluding steroid dienone is 6. The van der Waals surface area contributed by atoms with Crippen molar-refractivity contribution in [2.75, 3.05) is 47.5 Å². The fourth-order valence-corrected chi connectivity index (χ4v) is 9.39. The molecule has 9 heteroatoms. The van der Waals surface area contributed by atoms with Gasteiger partial charge in [0.1, 0.15) is 13.2 Å². The molecule has 0 aromatic carbocycles. The maximum atomic E-state index is 12.8. The Kier molecular flexibility index (Phi) is 55.8. The molecule has 0 rings (SSSR count). The van der Waals surface area contributed by atoms with Crippen LogP contribution in [-0.4, -0.2) is 87.4 Å². The van der Waals surface area contributed by atoms with Crippen LogP contribution in [0.5, 0.6) is 0 Å². The Hall–Kier alpha value is -2.49. The first-order valence-corrected chi connectivity index (χ1v) is 32.2. The number of likely N-dealkylation sites (N-methyl/N-ethyl adjacent to an activating group) is 1. The number of carbonyl (C=O) groups excluding carboxylic acids is 2. The number of carbonyl (C=O) groups is 3. The van der Waals surface area contributed by atoms with Crippen LogP contribution in [-0.2, 0) is 33.3 Å². The highest BCUT2D eigenvalue weighted by Crippen LogP contribution is 2.18. The van der Waals surface area contributed by atoms with Gasteiger partial charge in [0.15, 0.2) is 6.10 Å². The molecule has 0 aliphatic rings. The van der Waals surface area contributed by atoms with Crippen molar-refractivity contribution in [1.29, 1.82) is 0 Å². The number of hydrogen-bond acceptors (Lipinski definition) is 7. The van der Waals surface area contributed by atoms with E-state index < -0.39 is 24.3 Å². The van der Waals surface area contributed by atoms with Gasteiger partial charge in [0, 0.05) is 12.8 Å². The molecule has 0 radical (unpaired) electrons. The van der Waals surface area contributed by atoms with Crippen molar-refractivity contribution in [2.45, 2.75) is 322 Å². The van der Waals surface area contributed by atoms with E-state index in [4.69, 9.17) is 18.9 Å². The fraction of sp³-hybridized carbons (Fsp3) is 0.864. The molecule has 0 bridgehead atoms. The molecule has 9 nitrogen and oxygen atoms in total. The van der Waals surface area contributed by atoms with Crippen LogP contribution >= 0.6 is 0 Å². The second-order valence-electron chi connectivity index (χ2n) is 23.1. The van der Waals surface area contributed by atoms with Crippen molar-refractivity contribution in [3.05, 3.63) is 36.5 Å². The molecule has 0 spiro atoms. The number of unbranched alkanes of at least 4 members (excludes halogenated alkanes) is 39. The van der Waals surface area contributed by atoms with Crippen LogP contribution in [0.2, 0.25) is 0 Å². The Morgan fingerprint density at radius 1 is 0.400 bits per heavy atom. The summed E-state index contributed by atoms with van der Waals surface area (Å²) in [5.74, 6) is -2.01. The molecule has 0 aromatic heterocycles. The number of carboxylic acids is 1. The zero-order chi connectivity index (χ0) is 54.8. The SMILES string of the molecule is CCCCC/C=C\C/C=C\CCCCCCCC(=O)OC(COC(=O)CCCCCCCCCCCCCCCCCCCCCCCCC/C=C\CCCCCCCCCC)COC(OCC[N+](C)(C)C)C(=O)O. The number of esters is 2. The summed E-state index contributed by atoms with van der Waals surface area (Å²) >= 11 is 0. The van der Waals surface area contributed by atoms with Crippen LogP contribution in [0.25, 0.3) is 0 Å². The molecular weight excluding hydrogens is 935 g/mol. The third-order valence-electron chi connectivity index (χ3n) is 14.4. The predicted octanol–water partition coefficient (Wildman–Crippen LogP) is 19.2. The minimum absolute atomic E-state index is 0.184. The molecule has 1 N–H and O–H groups in total. The second-order valence-corrected chi connectivity index (χ2v) is 23.1. The number of ether oxygens (including phenoxy) is 4. The zero-order valence-corrected chi connectivity index (χ0v) is 50.2. The highest BCUT2D eigenvalue weighted by Gasteiger charge is 2.25. The lowest BCUT2D eigenvalue weighted by atomic mass is 10.0. The van der Waals surface area contributed by atoms with Crippen LogP contribution in [0.3, 0.4) is 0 Å². The van der Waals surface area contributed by atoms with Gasteiger partial charge >= 0.3 is 17.9 Å². The first kappa shape index (κ1) is 72.5. The van der Waals surface area contributed by atoms with Gasteiger partial charge in [-0.1, -0.05) is 262 Å². The third-order valence-corrected chi connectivity index (χ3v) is 14.4. The topological polar surface area (TPSA) is 108 Å². The first-order valence-electron chi connectivity index (χ1n) is 32.2. The normalized spacial score (nSPS) is 12.9. The molecule has 0 saturated carbocycles. The number of quaternary nitrogens is 1. The second kappa shape index (κ2) is 57.7. The molecule has 0 aromatic rings. The molecule has 0 heterocycles. The van der Waals surface area contributed by atoms with Crippen LogP contribution in [0.1, 0.15) is 309 Å². The summed E-state index contributed by atoms with van der Waals surface area (Å²) in [6.45, 7) is 4.87. The summed E-state index contributed by atoms with van der Waals surface area (Å²) in [7, 11) is 5.97. The molecular formula is C66H124NO8+. The van der Waals surface area contributed by atoms with Crippen molar-refractivity contribution < 1.29 is 42.9 Å².